The summed E-state index contributed by atoms with van der Waals surface area (Å²) < 4.78 is 16.1. The lowest BCUT2D eigenvalue weighted by Crippen LogP contribution is -2.25. The van der Waals surface area contributed by atoms with Crippen molar-refractivity contribution < 1.29 is 38.4 Å². The first kappa shape index (κ1) is 38.8. The molecule has 49 heavy (non-hydrogen) atoms. The van der Waals surface area contributed by atoms with Gasteiger partial charge in [-0.2, -0.15) is 0 Å². The minimum atomic E-state index is -0.678. The Morgan fingerprint density at radius 1 is 0.755 bits per heavy atom. The van der Waals surface area contributed by atoms with Gasteiger partial charge in [0.05, 0.1) is 35.4 Å². The normalized spacial score (nSPS) is 12.7. The number of methoxy groups -OCH3 is 1. The van der Waals surface area contributed by atoms with Crippen molar-refractivity contribution in [3.05, 3.63) is 113 Å². The summed E-state index contributed by atoms with van der Waals surface area (Å²) in [5.41, 5.74) is 2.28. The molecule has 3 aromatic carbocycles. The van der Waals surface area contributed by atoms with Crippen LogP contribution in [0.25, 0.3) is 0 Å². The number of benzene rings is 3. The number of nitro benzene ring substituents is 2. The molecule has 0 bridgehead atoms. The highest BCUT2D eigenvalue weighted by atomic mass is 79.9. The molecule has 0 N–H and O–H groups in total. The average molecular weight is 742 g/mol. The number of esters is 3. The van der Waals surface area contributed by atoms with Crippen molar-refractivity contribution in [1.29, 1.82) is 0 Å². The molecule has 0 amide bonds. The Bertz CT molecular complexity index is 1740. The van der Waals surface area contributed by atoms with E-state index in [2.05, 4.69) is 15.9 Å². The van der Waals surface area contributed by atoms with Crippen molar-refractivity contribution in [2.75, 3.05) is 7.11 Å². The van der Waals surface area contributed by atoms with E-state index in [1.165, 1.54) is 19.2 Å². The third-order valence-corrected chi connectivity index (χ3v) is 7.56. The second-order valence-corrected chi connectivity index (χ2v) is 14.6. The van der Waals surface area contributed by atoms with Gasteiger partial charge in [0.15, 0.2) is 0 Å². The molecule has 0 spiro atoms. The number of hydrogen-bond acceptors (Lipinski definition) is 10. The molecule has 0 aromatic heterocycles. The zero-order chi connectivity index (χ0) is 36.7. The maximum Gasteiger partial charge on any atom is 0.338 e. The largest absolute Gasteiger partial charge is 0.465 e. The molecule has 262 valence electrons. The molecule has 1 saturated carbocycles. The van der Waals surface area contributed by atoms with Gasteiger partial charge in [0, 0.05) is 27.7 Å². The van der Waals surface area contributed by atoms with Crippen LogP contribution in [-0.2, 0) is 43.1 Å². The van der Waals surface area contributed by atoms with Gasteiger partial charge in [-0.1, -0.05) is 34.1 Å². The van der Waals surface area contributed by atoms with E-state index < -0.39 is 39.0 Å². The number of nitro groups is 2. The van der Waals surface area contributed by atoms with Crippen LogP contribution in [0.2, 0.25) is 0 Å². The predicted molar refractivity (Wildman–Crippen MR) is 186 cm³/mol. The summed E-state index contributed by atoms with van der Waals surface area (Å²) in [6.45, 7) is 10.5. The van der Waals surface area contributed by atoms with Gasteiger partial charge in [0.1, 0.15) is 11.2 Å². The molecule has 1 fully saturated rings. The van der Waals surface area contributed by atoms with Crippen LogP contribution < -0.4 is 0 Å². The molecule has 12 nitrogen and oxygen atoms in total. The molecule has 0 atom stereocenters. The van der Waals surface area contributed by atoms with Crippen LogP contribution in [-0.4, -0.2) is 46.1 Å². The van der Waals surface area contributed by atoms with Crippen molar-refractivity contribution in [1.82, 2.24) is 0 Å². The highest BCUT2D eigenvalue weighted by molar-refractivity contribution is 9.10. The van der Waals surface area contributed by atoms with Gasteiger partial charge < -0.3 is 14.2 Å². The molecule has 0 aliphatic heterocycles. The molecule has 0 radical (unpaired) electrons. The van der Waals surface area contributed by atoms with Crippen molar-refractivity contribution in [3.8, 4) is 0 Å². The molecule has 3 aromatic rings. The van der Waals surface area contributed by atoms with E-state index in [9.17, 15) is 34.6 Å². The highest BCUT2D eigenvalue weighted by Gasteiger charge is 2.26. The summed E-state index contributed by atoms with van der Waals surface area (Å²) in [6.07, 6.45) is 2.31. The topological polar surface area (TPSA) is 165 Å². The molecular formula is C36H41BrN2O10. The third-order valence-electron chi connectivity index (χ3n) is 7.07. The lowest BCUT2D eigenvalue weighted by atomic mass is 9.95. The number of carbonyl (C=O) groups excluding carboxylic acids is 3. The van der Waals surface area contributed by atoms with Crippen molar-refractivity contribution >= 4 is 45.2 Å². The molecule has 4 rings (SSSR count). The first-order valence-corrected chi connectivity index (χ1v) is 16.4. The van der Waals surface area contributed by atoms with Crippen LogP contribution in [0.15, 0.2) is 59.1 Å². The van der Waals surface area contributed by atoms with E-state index >= 15 is 0 Å². The number of nitrogens with zero attached hydrogens (tertiary/aromatic N) is 2. The minimum absolute atomic E-state index is 0.0796. The molecule has 0 saturated heterocycles. The van der Waals surface area contributed by atoms with Gasteiger partial charge in [0.2, 0.25) is 0 Å². The zero-order valence-electron chi connectivity index (χ0n) is 28.7. The highest BCUT2D eigenvalue weighted by Crippen LogP contribution is 2.41. The van der Waals surface area contributed by atoms with Crippen LogP contribution in [0.4, 0.5) is 11.4 Å². The van der Waals surface area contributed by atoms with Crippen LogP contribution >= 0.6 is 15.9 Å². The predicted octanol–water partition coefficient (Wildman–Crippen LogP) is 7.98. The Hall–Kier alpha value is -4.65. The van der Waals surface area contributed by atoms with E-state index in [1.807, 2.05) is 18.2 Å². The lowest BCUT2D eigenvalue weighted by Gasteiger charge is -2.19. The molecule has 0 heterocycles. The van der Waals surface area contributed by atoms with Gasteiger partial charge >= 0.3 is 17.9 Å². The van der Waals surface area contributed by atoms with E-state index in [1.54, 1.807) is 65.8 Å². The third kappa shape index (κ3) is 12.4. The zero-order valence-corrected chi connectivity index (χ0v) is 30.2. The minimum Gasteiger partial charge on any atom is -0.465 e. The van der Waals surface area contributed by atoms with Crippen LogP contribution in [0, 0.1) is 20.2 Å². The monoisotopic (exact) mass is 740 g/mol. The summed E-state index contributed by atoms with van der Waals surface area (Å²) in [5.74, 6) is -0.925. The van der Waals surface area contributed by atoms with Gasteiger partial charge in [-0.3, -0.25) is 29.8 Å². The Morgan fingerprint density at radius 3 is 1.73 bits per heavy atom. The number of hydrogen-bond donors (Lipinski definition) is 0. The summed E-state index contributed by atoms with van der Waals surface area (Å²) in [7, 11) is 1.35. The lowest BCUT2D eigenvalue weighted by molar-refractivity contribution is -0.385. The van der Waals surface area contributed by atoms with E-state index in [-0.39, 0.29) is 29.8 Å². The fourth-order valence-electron chi connectivity index (χ4n) is 4.95. The Kier molecular flexibility index (Phi) is 12.8. The molecular weight excluding hydrogens is 700 g/mol. The summed E-state index contributed by atoms with van der Waals surface area (Å²) in [6, 6.07) is 15.0. The van der Waals surface area contributed by atoms with E-state index in [0.29, 0.717) is 27.9 Å². The fourth-order valence-corrected chi connectivity index (χ4v) is 5.36. The second kappa shape index (κ2) is 16.2. The van der Waals surface area contributed by atoms with E-state index in [4.69, 9.17) is 14.2 Å². The number of ether oxygens (including phenoxy) is 3. The van der Waals surface area contributed by atoms with Crippen molar-refractivity contribution in [2.24, 2.45) is 0 Å². The SMILES string of the molecule is CC(C)(C)OC(=O)Cc1cc(Br)ccc1[N+](=O)[O-].COC(=O)c1cc(C2CC2)ccc1Cc1ccc([N+](=O)[O-])c(CC(=O)OC(C)(C)C)c1. The van der Waals surface area contributed by atoms with Crippen molar-refractivity contribution in [2.45, 2.75) is 90.8 Å². The number of halogens is 1. The standard InChI is InChI=1S/C24H27NO6.C12H14BrNO4/c1-24(2,3)31-22(26)14-19-12-15(5-10-21(19)25(28)29)11-18-9-8-17(16-6-7-16)13-20(18)23(27)30-4;1-12(2,3)18-11(15)7-8-6-9(13)4-5-10(8)14(16)17/h5,8-10,12-13,16H,6-7,11,14H2,1-4H3;4-6H,7H2,1-3H3. The first-order valence-electron chi connectivity index (χ1n) is 15.6. The van der Waals surface area contributed by atoms with Gasteiger partial charge in [-0.25, -0.2) is 4.79 Å². The first-order chi connectivity index (χ1) is 22.8. The number of rotatable bonds is 10. The Morgan fingerprint density at radius 2 is 1.27 bits per heavy atom. The van der Waals surface area contributed by atoms with Crippen LogP contribution in [0.1, 0.15) is 98.5 Å². The average Bonchev–Trinajstić information content (AvgIpc) is 3.81. The summed E-state index contributed by atoms with van der Waals surface area (Å²) in [5, 5.41) is 22.3. The molecule has 13 heteroatoms. The molecule has 1 aliphatic rings. The van der Waals surface area contributed by atoms with Crippen LogP contribution in [0.5, 0.6) is 0 Å². The van der Waals surface area contributed by atoms with Crippen molar-refractivity contribution in [3.63, 3.8) is 0 Å². The maximum absolute atomic E-state index is 12.3. The summed E-state index contributed by atoms with van der Waals surface area (Å²) in [4.78, 5) is 57.5. The van der Waals surface area contributed by atoms with Gasteiger partial charge in [-0.05, 0) is 108 Å². The Balaban J connectivity index is 0.000000308. The number of carbonyl (C=O) groups is 3. The van der Waals surface area contributed by atoms with E-state index in [0.717, 1.165) is 29.5 Å². The quantitative estimate of drug-likeness (QED) is 0.0861. The summed E-state index contributed by atoms with van der Waals surface area (Å²) >= 11 is 3.22. The molecule has 1 aliphatic carbocycles. The smallest absolute Gasteiger partial charge is 0.338 e. The van der Waals surface area contributed by atoms with Gasteiger partial charge in [0.25, 0.3) is 11.4 Å². The second-order valence-electron chi connectivity index (χ2n) is 13.6. The van der Waals surface area contributed by atoms with Crippen LogP contribution in [0.3, 0.4) is 0 Å². The molecule has 0 unspecified atom stereocenters. The fraction of sp³-hybridized carbons (Fsp3) is 0.417. The maximum atomic E-state index is 12.3. The van der Waals surface area contributed by atoms with Gasteiger partial charge in [-0.15, -0.1) is 0 Å². The Labute approximate surface area is 293 Å².